The first-order valence-corrected chi connectivity index (χ1v) is 9.88. The van der Waals surface area contributed by atoms with Crippen LogP contribution in [0.3, 0.4) is 0 Å². The summed E-state index contributed by atoms with van der Waals surface area (Å²) in [6.45, 7) is 0.701. The number of fused-ring (bicyclic) bond motifs is 1. The van der Waals surface area contributed by atoms with Crippen molar-refractivity contribution in [3.63, 3.8) is 0 Å². The Bertz CT molecular complexity index is 1170. The zero-order valence-electron chi connectivity index (χ0n) is 14.4. The summed E-state index contributed by atoms with van der Waals surface area (Å²) >= 11 is 0. The molecule has 8 heteroatoms. The Morgan fingerprint density at radius 3 is 2.63 bits per heavy atom. The van der Waals surface area contributed by atoms with Crippen molar-refractivity contribution in [3.05, 3.63) is 73.4 Å². The third kappa shape index (κ3) is 3.71. The van der Waals surface area contributed by atoms with E-state index in [0.29, 0.717) is 12.1 Å². The van der Waals surface area contributed by atoms with Crippen LogP contribution >= 0.6 is 0 Å². The molecule has 0 aliphatic carbocycles. The lowest BCUT2D eigenvalue weighted by atomic mass is 10.0. The van der Waals surface area contributed by atoms with Crippen molar-refractivity contribution >= 4 is 20.9 Å². The molecule has 0 atom stereocenters. The molecule has 0 saturated heterocycles. The molecule has 0 fully saturated rings. The van der Waals surface area contributed by atoms with Crippen LogP contribution in [0.2, 0.25) is 0 Å². The summed E-state index contributed by atoms with van der Waals surface area (Å²) in [6, 6.07) is 16.5. The van der Waals surface area contributed by atoms with Gasteiger partial charge in [0.15, 0.2) is 0 Å². The van der Waals surface area contributed by atoms with Crippen molar-refractivity contribution in [2.45, 2.75) is 11.4 Å². The predicted molar refractivity (Wildman–Crippen MR) is 102 cm³/mol. The van der Waals surface area contributed by atoms with E-state index < -0.39 is 10.0 Å². The minimum Gasteiger partial charge on any atom is -0.319 e. The Kier molecular flexibility index (Phi) is 4.66. The van der Waals surface area contributed by atoms with Crippen molar-refractivity contribution in [2.24, 2.45) is 0 Å². The minimum atomic E-state index is -3.67. The van der Waals surface area contributed by atoms with Gasteiger partial charge in [-0.2, -0.15) is 0 Å². The maximum absolute atomic E-state index is 12.9. The summed E-state index contributed by atoms with van der Waals surface area (Å²) in [5.74, 6) is 0. The summed E-state index contributed by atoms with van der Waals surface area (Å²) in [4.78, 5) is 4.56. The standard InChI is InChI=1S/C19H17N5O2S/c25-27(26,23-10-11-24-13-21-22-14-24)19-6-2-1-5-17(19)15-7-8-18-16(12-15)4-3-9-20-18/h1-9,12-14,23H,10-11H2. The number of pyridine rings is 1. The minimum absolute atomic E-state index is 0.246. The average molecular weight is 379 g/mol. The van der Waals surface area contributed by atoms with E-state index in [0.717, 1.165) is 16.5 Å². The van der Waals surface area contributed by atoms with Crippen LogP contribution in [-0.4, -0.2) is 34.7 Å². The lowest BCUT2D eigenvalue weighted by Gasteiger charge is -2.12. The second-order valence-electron chi connectivity index (χ2n) is 6.00. The van der Waals surface area contributed by atoms with Crippen molar-refractivity contribution < 1.29 is 8.42 Å². The number of hydrogen-bond donors (Lipinski definition) is 1. The summed E-state index contributed by atoms with van der Waals surface area (Å²) < 4.78 is 30.1. The number of aromatic nitrogens is 4. The van der Waals surface area contributed by atoms with E-state index in [2.05, 4.69) is 19.9 Å². The van der Waals surface area contributed by atoms with Crippen LogP contribution in [-0.2, 0) is 16.6 Å². The molecular formula is C19H17N5O2S. The number of nitrogens with zero attached hydrogens (tertiary/aromatic N) is 4. The number of rotatable bonds is 6. The van der Waals surface area contributed by atoms with E-state index >= 15 is 0 Å². The molecule has 27 heavy (non-hydrogen) atoms. The molecule has 1 N–H and O–H groups in total. The fourth-order valence-electron chi connectivity index (χ4n) is 2.91. The van der Waals surface area contributed by atoms with E-state index in [-0.39, 0.29) is 11.4 Å². The van der Waals surface area contributed by atoms with Crippen molar-refractivity contribution in [2.75, 3.05) is 6.54 Å². The highest BCUT2D eigenvalue weighted by molar-refractivity contribution is 7.89. The third-order valence-electron chi connectivity index (χ3n) is 4.22. The smallest absolute Gasteiger partial charge is 0.241 e. The number of benzene rings is 2. The molecule has 4 aromatic rings. The topological polar surface area (TPSA) is 89.8 Å². The monoisotopic (exact) mass is 379 g/mol. The Labute approximate surface area is 156 Å². The van der Waals surface area contributed by atoms with Gasteiger partial charge in [0.25, 0.3) is 0 Å². The number of sulfonamides is 1. The van der Waals surface area contributed by atoms with Gasteiger partial charge in [-0.05, 0) is 29.8 Å². The molecule has 0 unspecified atom stereocenters. The molecule has 0 bridgehead atoms. The van der Waals surface area contributed by atoms with Crippen LogP contribution in [0.5, 0.6) is 0 Å². The highest BCUT2D eigenvalue weighted by Crippen LogP contribution is 2.29. The van der Waals surface area contributed by atoms with Crippen molar-refractivity contribution in [1.82, 2.24) is 24.5 Å². The number of nitrogens with one attached hydrogen (secondary N) is 1. The molecule has 0 aliphatic rings. The van der Waals surface area contributed by atoms with E-state index in [1.807, 2.05) is 42.5 Å². The van der Waals surface area contributed by atoms with Crippen molar-refractivity contribution in [3.8, 4) is 11.1 Å². The van der Waals surface area contributed by atoms with E-state index in [4.69, 9.17) is 0 Å². The van der Waals surface area contributed by atoms with Gasteiger partial charge < -0.3 is 4.57 Å². The molecule has 136 valence electrons. The predicted octanol–water partition coefficient (Wildman–Crippen LogP) is 2.47. The van der Waals surface area contributed by atoms with Gasteiger partial charge in [0, 0.05) is 30.2 Å². The molecule has 7 nitrogen and oxygen atoms in total. The molecule has 0 radical (unpaired) electrons. The molecule has 2 heterocycles. The van der Waals surface area contributed by atoms with E-state index in [9.17, 15) is 8.42 Å². The first-order valence-electron chi connectivity index (χ1n) is 8.40. The van der Waals surface area contributed by atoms with Gasteiger partial charge in [0.05, 0.1) is 10.4 Å². The maximum atomic E-state index is 12.9. The summed E-state index contributed by atoms with van der Waals surface area (Å²) in [5, 5.41) is 8.37. The lowest BCUT2D eigenvalue weighted by molar-refractivity contribution is 0.573. The first-order chi connectivity index (χ1) is 13.1. The van der Waals surface area contributed by atoms with E-state index in [1.54, 1.807) is 35.6 Å². The second-order valence-corrected chi connectivity index (χ2v) is 7.74. The van der Waals surface area contributed by atoms with Crippen LogP contribution in [0.25, 0.3) is 22.0 Å². The Balaban J connectivity index is 1.65. The zero-order valence-corrected chi connectivity index (χ0v) is 15.2. The fraction of sp³-hybridized carbons (Fsp3) is 0.105. The largest absolute Gasteiger partial charge is 0.319 e. The van der Waals surface area contributed by atoms with Crippen molar-refractivity contribution in [1.29, 1.82) is 0 Å². The Hall–Kier alpha value is -3.10. The molecule has 0 amide bonds. The quantitative estimate of drug-likeness (QED) is 0.556. The van der Waals surface area contributed by atoms with Crippen LogP contribution in [0.1, 0.15) is 0 Å². The summed E-state index contributed by atoms with van der Waals surface area (Å²) in [5.41, 5.74) is 2.35. The highest BCUT2D eigenvalue weighted by Gasteiger charge is 2.18. The van der Waals surface area contributed by atoms with Gasteiger partial charge in [0.1, 0.15) is 12.7 Å². The fourth-order valence-corrected chi connectivity index (χ4v) is 4.16. The Morgan fingerprint density at radius 1 is 0.963 bits per heavy atom. The van der Waals surface area contributed by atoms with Gasteiger partial charge in [-0.1, -0.05) is 30.3 Å². The third-order valence-corrected chi connectivity index (χ3v) is 5.74. The molecule has 0 saturated carbocycles. The van der Waals surface area contributed by atoms with Crippen LogP contribution in [0.15, 0.2) is 78.3 Å². The average Bonchev–Trinajstić information content (AvgIpc) is 3.21. The first kappa shape index (κ1) is 17.3. The zero-order chi connectivity index (χ0) is 18.7. The number of hydrogen-bond acceptors (Lipinski definition) is 5. The van der Waals surface area contributed by atoms with Gasteiger partial charge >= 0.3 is 0 Å². The van der Waals surface area contributed by atoms with Gasteiger partial charge in [0.2, 0.25) is 10.0 Å². The van der Waals surface area contributed by atoms with Gasteiger partial charge in [-0.15, -0.1) is 10.2 Å². The Morgan fingerprint density at radius 2 is 1.78 bits per heavy atom. The molecule has 4 rings (SSSR count). The van der Waals surface area contributed by atoms with E-state index in [1.165, 1.54) is 0 Å². The summed E-state index contributed by atoms with van der Waals surface area (Å²) in [6.07, 6.45) is 4.83. The molecule has 0 spiro atoms. The SMILES string of the molecule is O=S(=O)(NCCn1cnnc1)c1ccccc1-c1ccc2ncccc2c1. The van der Waals surface area contributed by atoms with Gasteiger partial charge in [-0.3, -0.25) is 4.98 Å². The molecule has 2 aromatic carbocycles. The molecule has 2 aromatic heterocycles. The maximum Gasteiger partial charge on any atom is 0.241 e. The molecular weight excluding hydrogens is 362 g/mol. The normalized spacial score (nSPS) is 11.7. The summed E-state index contributed by atoms with van der Waals surface area (Å²) in [7, 11) is -3.67. The second kappa shape index (κ2) is 7.26. The highest BCUT2D eigenvalue weighted by atomic mass is 32.2. The van der Waals surface area contributed by atoms with Crippen LogP contribution < -0.4 is 4.72 Å². The van der Waals surface area contributed by atoms with Gasteiger partial charge in [-0.25, -0.2) is 13.1 Å². The lowest BCUT2D eigenvalue weighted by Crippen LogP contribution is -2.27. The molecule has 0 aliphatic heterocycles. The van der Waals surface area contributed by atoms with Crippen LogP contribution in [0.4, 0.5) is 0 Å². The van der Waals surface area contributed by atoms with Crippen LogP contribution in [0, 0.1) is 0 Å².